The van der Waals surface area contributed by atoms with Gasteiger partial charge < -0.3 is 5.73 Å². The number of rotatable bonds is 3. The van der Waals surface area contributed by atoms with E-state index in [4.69, 9.17) is 5.73 Å². The van der Waals surface area contributed by atoms with Gasteiger partial charge >= 0.3 is 0 Å². The van der Waals surface area contributed by atoms with Crippen molar-refractivity contribution in [3.8, 4) is 0 Å². The fraction of sp³-hybridized carbons (Fsp3) is 0.538. The normalized spacial score (nSPS) is 20.9. The highest BCUT2D eigenvalue weighted by Crippen LogP contribution is 2.29. The third-order valence-electron chi connectivity index (χ3n) is 3.76. The maximum atomic E-state index is 13.6. The van der Waals surface area contributed by atoms with Crippen LogP contribution in [-0.4, -0.2) is 25.8 Å². The molecular formula is C13H19FN2O2S. The molecule has 1 aromatic rings. The van der Waals surface area contributed by atoms with Crippen LogP contribution < -0.4 is 5.73 Å². The molecule has 1 heterocycles. The number of benzene rings is 1. The second kappa shape index (κ2) is 5.09. The van der Waals surface area contributed by atoms with Crippen LogP contribution in [0.2, 0.25) is 0 Å². The smallest absolute Gasteiger partial charge is 0.243 e. The van der Waals surface area contributed by atoms with Crippen LogP contribution in [0.1, 0.15) is 25.3 Å². The van der Waals surface area contributed by atoms with E-state index in [9.17, 15) is 12.8 Å². The quantitative estimate of drug-likeness (QED) is 0.866. The Morgan fingerprint density at radius 3 is 2.74 bits per heavy atom. The molecule has 2 rings (SSSR count). The predicted molar refractivity (Wildman–Crippen MR) is 72.7 cm³/mol. The van der Waals surface area contributed by atoms with Crippen LogP contribution in [0.5, 0.6) is 0 Å². The molecule has 1 saturated heterocycles. The molecule has 1 aliphatic heterocycles. The molecule has 4 nitrogen and oxygen atoms in total. The van der Waals surface area contributed by atoms with Gasteiger partial charge in [0.1, 0.15) is 5.82 Å². The van der Waals surface area contributed by atoms with Crippen molar-refractivity contribution in [2.24, 2.45) is 5.92 Å². The predicted octanol–water partition coefficient (Wildman–Crippen LogP) is 2.14. The highest BCUT2D eigenvalue weighted by Gasteiger charge is 2.33. The Labute approximate surface area is 113 Å². The molecule has 0 spiro atoms. The summed E-state index contributed by atoms with van der Waals surface area (Å²) in [5.41, 5.74) is 5.82. The second-order valence-electron chi connectivity index (χ2n) is 5.05. The molecule has 106 valence electrons. The molecule has 1 aromatic carbocycles. The number of sulfonamides is 1. The number of nitrogens with two attached hydrogens (primary N) is 1. The van der Waals surface area contributed by atoms with Crippen LogP contribution in [0.4, 0.5) is 10.1 Å². The van der Waals surface area contributed by atoms with Gasteiger partial charge in [0, 0.05) is 24.3 Å². The molecule has 0 radical (unpaired) electrons. The number of anilines is 1. The van der Waals surface area contributed by atoms with E-state index in [-0.39, 0.29) is 16.1 Å². The zero-order valence-electron chi connectivity index (χ0n) is 11.2. The van der Waals surface area contributed by atoms with Crippen molar-refractivity contribution in [2.75, 3.05) is 18.8 Å². The average molecular weight is 286 g/mol. The van der Waals surface area contributed by atoms with Gasteiger partial charge in [-0.3, -0.25) is 0 Å². The summed E-state index contributed by atoms with van der Waals surface area (Å²) in [5, 5.41) is 0. The van der Waals surface area contributed by atoms with Gasteiger partial charge in [0.15, 0.2) is 0 Å². The largest absolute Gasteiger partial charge is 0.399 e. The Kier molecular flexibility index (Phi) is 3.82. The van der Waals surface area contributed by atoms with Crippen molar-refractivity contribution in [2.45, 2.75) is 31.6 Å². The lowest BCUT2D eigenvalue weighted by Gasteiger charge is -2.18. The number of nitrogen functional groups attached to an aromatic ring is 1. The zero-order valence-corrected chi connectivity index (χ0v) is 12.0. The summed E-state index contributed by atoms with van der Waals surface area (Å²) in [5.74, 6) is -0.189. The molecule has 1 unspecified atom stereocenters. The van der Waals surface area contributed by atoms with Crippen molar-refractivity contribution in [3.05, 3.63) is 23.5 Å². The lowest BCUT2D eigenvalue weighted by Crippen LogP contribution is -2.29. The van der Waals surface area contributed by atoms with Gasteiger partial charge in [-0.25, -0.2) is 12.8 Å². The van der Waals surface area contributed by atoms with E-state index in [1.165, 1.54) is 17.3 Å². The highest BCUT2D eigenvalue weighted by molar-refractivity contribution is 7.89. The Morgan fingerprint density at radius 1 is 1.47 bits per heavy atom. The average Bonchev–Trinajstić information content (AvgIpc) is 2.83. The minimum Gasteiger partial charge on any atom is -0.399 e. The minimum absolute atomic E-state index is 0.0123. The van der Waals surface area contributed by atoms with Gasteiger partial charge in [0.2, 0.25) is 10.0 Å². The first-order valence-corrected chi connectivity index (χ1v) is 7.86. The van der Waals surface area contributed by atoms with Gasteiger partial charge in [-0.2, -0.15) is 4.31 Å². The summed E-state index contributed by atoms with van der Waals surface area (Å²) >= 11 is 0. The van der Waals surface area contributed by atoms with E-state index in [1.807, 2.05) is 6.92 Å². The molecule has 2 N–H and O–H groups in total. The molecule has 0 aromatic heterocycles. The summed E-state index contributed by atoms with van der Waals surface area (Å²) in [4.78, 5) is -0.0123. The number of nitrogens with zero attached hydrogens (tertiary/aromatic N) is 1. The van der Waals surface area contributed by atoms with Crippen LogP contribution in [-0.2, 0) is 10.0 Å². The molecule has 0 aliphatic carbocycles. The maximum absolute atomic E-state index is 13.6. The molecule has 1 atom stereocenters. The minimum atomic E-state index is -3.64. The Bertz CT molecular complexity index is 587. The summed E-state index contributed by atoms with van der Waals surface area (Å²) in [6.45, 7) is 4.52. The van der Waals surface area contributed by atoms with Crippen molar-refractivity contribution < 1.29 is 12.8 Å². The molecule has 6 heteroatoms. The van der Waals surface area contributed by atoms with E-state index in [2.05, 4.69) is 0 Å². The van der Waals surface area contributed by atoms with Gasteiger partial charge in [0.05, 0.1) is 4.90 Å². The van der Waals surface area contributed by atoms with Crippen LogP contribution in [0.3, 0.4) is 0 Å². The van der Waals surface area contributed by atoms with E-state index >= 15 is 0 Å². The first kappa shape index (κ1) is 14.3. The van der Waals surface area contributed by atoms with E-state index in [0.717, 1.165) is 18.9 Å². The topological polar surface area (TPSA) is 63.4 Å². The lowest BCUT2D eigenvalue weighted by atomic mass is 10.1. The molecule has 0 bridgehead atoms. The van der Waals surface area contributed by atoms with Gasteiger partial charge in [-0.15, -0.1) is 0 Å². The fourth-order valence-corrected chi connectivity index (χ4v) is 4.23. The molecule has 0 amide bonds. The van der Waals surface area contributed by atoms with Crippen LogP contribution >= 0.6 is 0 Å². The summed E-state index contributed by atoms with van der Waals surface area (Å²) < 4.78 is 40.1. The Balaban J connectivity index is 2.41. The first-order chi connectivity index (χ1) is 8.86. The van der Waals surface area contributed by atoms with E-state index < -0.39 is 15.8 Å². The van der Waals surface area contributed by atoms with E-state index in [0.29, 0.717) is 19.0 Å². The highest BCUT2D eigenvalue weighted by atomic mass is 32.2. The third-order valence-corrected chi connectivity index (χ3v) is 5.75. The molecule has 1 fully saturated rings. The van der Waals surface area contributed by atoms with Crippen molar-refractivity contribution in [1.29, 1.82) is 0 Å². The monoisotopic (exact) mass is 286 g/mol. The standard InChI is InChI=1S/C13H19FN2O2S/c1-3-10-4-5-16(8-10)19(17,18)13-7-11(15)6-12(14)9(13)2/h6-7,10H,3-5,8,15H2,1-2H3. The SMILES string of the molecule is CCC1CCN(S(=O)(=O)c2cc(N)cc(F)c2C)C1. The summed E-state index contributed by atoms with van der Waals surface area (Å²) in [6, 6.07) is 2.49. The summed E-state index contributed by atoms with van der Waals surface area (Å²) in [6.07, 6.45) is 1.82. The number of hydrogen-bond acceptors (Lipinski definition) is 3. The van der Waals surface area contributed by atoms with Crippen LogP contribution in [0.15, 0.2) is 17.0 Å². The van der Waals surface area contributed by atoms with E-state index in [1.54, 1.807) is 0 Å². The van der Waals surface area contributed by atoms with Crippen molar-refractivity contribution >= 4 is 15.7 Å². The fourth-order valence-electron chi connectivity index (χ4n) is 2.43. The van der Waals surface area contributed by atoms with Gasteiger partial charge in [0.25, 0.3) is 0 Å². The summed E-state index contributed by atoms with van der Waals surface area (Å²) in [7, 11) is -3.64. The zero-order chi connectivity index (χ0) is 14.2. The van der Waals surface area contributed by atoms with Gasteiger partial charge in [-0.05, 0) is 31.4 Å². The Hall–Kier alpha value is -1.14. The maximum Gasteiger partial charge on any atom is 0.243 e. The Morgan fingerprint density at radius 2 is 2.16 bits per heavy atom. The molecule has 0 saturated carbocycles. The second-order valence-corrected chi connectivity index (χ2v) is 6.96. The number of hydrogen-bond donors (Lipinski definition) is 1. The lowest BCUT2D eigenvalue weighted by molar-refractivity contribution is 0.452. The van der Waals surface area contributed by atoms with Gasteiger partial charge in [-0.1, -0.05) is 13.3 Å². The molecular weight excluding hydrogens is 267 g/mol. The van der Waals surface area contributed by atoms with Crippen LogP contribution in [0.25, 0.3) is 0 Å². The van der Waals surface area contributed by atoms with Crippen LogP contribution in [0, 0.1) is 18.7 Å². The first-order valence-electron chi connectivity index (χ1n) is 6.42. The third kappa shape index (κ3) is 2.60. The van der Waals surface area contributed by atoms with Crippen molar-refractivity contribution in [1.82, 2.24) is 4.31 Å². The molecule has 19 heavy (non-hydrogen) atoms. The molecule has 1 aliphatic rings. The van der Waals surface area contributed by atoms with Crippen molar-refractivity contribution in [3.63, 3.8) is 0 Å². The number of halogens is 1.